The molecule has 0 bridgehead atoms. The number of carbonyl (C=O) groups is 2. The summed E-state index contributed by atoms with van der Waals surface area (Å²) in [5.41, 5.74) is 1.96. The van der Waals surface area contributed by atoms with Crippen LogP contribution in [0.25, 0.3) is 11.1 Å². The minimum atomic E-state index is -1.08. The van der Waals surface area contributed by atoms with Crippen LogP contribution in [0.3, 0.4) is 0 Å². The largest absolute Gasteiger partial charge is 0.361 e. The first kappa shape index (κ1) is 20.5. The zero-order chi connectivity index (χ0) is 21.1. The molecular weight excluding hydrogens is 378 g/mol. The number of hydrogen-bond donors (Lipinski definition) is 0. The topological polar surface area (TPSA) is 62.7 Å². The molecule has 1 aliphatic carbocycles. The third kappa shape index (κ3) is 3.97. The summed E-state index contributed by atoms with van der Waals surface area (Å²) in [4.78, 5) is 33.9. The van der Waals surface area contributed by atoms with Gasteiger partial charge in [-0.25, -0.2) is 0 Å². The van der Waals surface area contributed by atoms with Gasteiger partial charge in [0.25, 0.3) is 5.91 Å². The first-order chi connectivity index (χ1) is 14.5. The lowest BCUT2D eigenvalue weighted by Gasteiger charge is -2.44. The van der Waals surface area contributed by atoms with E-state index in [-0.39, 0.29) is 17.7 Å². The Morgan fingerprint density at radius 2 is 2.00 bits per heavy atom. The van der Waals surface area contributed by atoms with Gasteiger partial charge in [-0.15, -0.1) is 0 Å². The van der Waals surface area contributed by atoms with Crippen molar-refractivity contribution < 1.29 is 14.3 Å². The van der Waals surface area contributed by atoms with Gasteiger partial charge in [-0.2, -0.15) is 0 Å². The highest BCUT2D eigenvalue weighted by molar-refractivity contribution is 5.88. The molecule has 6 heteroatoms. The summed E-state index contributed by atoms with van der Waals surface area (Å²) < 4.78 is 6.19. The number of ether oxygens (including phenoxy) is 1. The van der Waals surface area contributed by atoms with E-state index in [0.29, 0.717) is 26.1 Å². The molecule has 2 fully saturated rings. The van der Waals surface area contributed by atoms with Crippen molar-refractivity contribution in [3.05, 3.63) is 54.4 Å². The van der Waals surface area contributed by atoms with Gasteiger partial charge in [-0.1, -0.05) is 36.8 Å². The van der Waals surface area contributed by atoms with Gasteiger partial charge in [-0.05, 0) is 30.0 Å². The highest BCUT2D eigenvalue weighted by atomic mass is 16.5. The summed E-state index contributed by atoms with van der Waals surface area (Å²) in [7, 11) is 3.49. The second-order valence-corrected chi connectivity index (χ2v) is 8.51. The Kier molecular flexibility index (Phi) is 5.86. The van der Waals surface area contributed by atoms with E-state index in [2.05, 4.69) is 4.98 Å². The predicted molar refractivity (Wildman–Crippen MR) is 115 cm³/mol. The zero-order valence-corrected chi connectivity index (χ0v) is 17.7. The molecule has 2 aliphatic rings. The van der Waals surface area contributed by atoms with Crippen LogP contribution >= 0.6 is 0 Å². The Morgan fingerprint density at radius 3 is 2.67 bits per heavy atom. The fourth-order valence-electron chi connectivity index (χ4n) is 4.39. The Labute approximate surface area is 177 Å². The van der Waals surface area contributed by atoms with Crippen LogP contribution in [0.2, 0.25) is 0 Å². The van der Waals surface area contributed by atoms with Crippen molar-refractivity contribution in [2.24, 2.45) is 5.92 Å². The lowest BCUT2D eigenvalue weighted by molar-refractivity contribution is -0.174. The van der Waals surface area contributed by atoms with Crippen molar-refractivity contribution >= 4 is 11.8 Å². The van der Waals surface area contributed by atoms with Gasteiger partial charge in [0.2, 0.25) is 5.91 Å². The van der Waals surface area contributed by atoms with Gasteiger partial charge < -0.3 is 14.5 Å². The molecule has 0 spiro atoms. The predicted octanol–water partition coefficient (Wildman–Crippen LogP) is 2.78. The summed E-state index contributed by atoms with van der Waals surface area (Å²) in [5.74, 6) is 0.175. The Balaban J connectivity index is 1.67. The number of pyridine rings is 1. The van der Waals surface area contributed by atoms with E-state index < -0.39 is 5.60 Å². The lowest BCUT2D eigenvalue weighted by atomic mass is 9.83. The number of amides is 2. The number of hydrogen-bond acceptors (Lipinski definition) is 4. The molecule has 2 heterocycles. The summed E-state index contributed by atoms with van der Waals surface area (Å²) in [6, 6.07) is 12.0. The number of nitrogens with zero attached hydrogens (tertiary/aromatic N) is 3. The molecule has 1 saturated heterocycles. The highest BCUT2D eigenvalue weighted by Crippen LogP contribution is 2.33. The van der Waals surface area contributed by atoms with Crippen molar-refractivity contribution in [3.8, 4) is 11.1 Å². The normalized spacial score (nSPS) is 21.7. The van der Waals surface area contributed by atoms with Gasteiger partial charge in [-0.3, -0.25) is 14.6 Å². The minimum absolute atomic E-state index is 0.102. The lowest BCUT2D eigenvalue weighted by Crippen LogP contribution is -2.62. The Morgan fingerprint density at radius 1 is 1.20 bits per heavy atom. The maximum Gasteiger partial charge on any atom is 0.256 e. The third-order valence-electron chi connectivity index (χ3n) is 6.21. The second-order valence-electron chi connectivity index (χ2n) is 8.51. The second kappa shape index (κ2) is 8.56. The van der Waals surface area contributed by atoms with Crippen molar-refractivity contribution in [2.75, 3.05) is 33.8 Å². The number of aromatic nitrogens is 1. The van der Waals surface area contributed by atoms with Gasteiger partial charge in [0.1, 0.15) is 0 Å². The molecule has 1 unspecified atom stereocenters. The zero-order valence-electron chi connectivity index (χ0n) is 17.7. The highest BCUT2D eigenvalue weighted by Gasteiger charge is 2.47. The van der Waals surface area contributed by atoms with E-state index in [1.807, 2.05) is 47.5 Å². The first-order valence-electron chi connectivity index (χ1n) is 10.6. The number of carbonyl (C=O) groups excluding carboxylic acids is 2. The van der Waals surface area contributed by atoms with Crippen LogP contribution in [-0.2, 0) is 20.7 Å². The standard InChI is InChI=1S/C24H29N3O3/c1-26(2)23(29)24(17-27(13-14-30-24)22(28)18-8-5-9-18)15-19-7-3-4-11-21(19)20-10-6-12-25-16-20/h3-4,6-7,10-12,16,18H,5,8-9,13-15,17H2,1-2H3. The summed E-state index contributed by atoms with van der Waals surface area (Å²) >= 11 is 0. The van der Waals surface area contributed by atoms with Crippen LogP contribution in [0.4, 0.5) is 0 Å². The fourth-order valence-corrected chi connectivity index (χ4v) is 4.39. The van der Waals surface area contributed by atoms with Crippen LogP contribution in [0.5, 0.6) is 0 Å². The van der Waals surface area contributed by atoms with Crippen LogP contribution in [0.1, 0.15) is 24.8 Å². The van der Waals surface area contributed by atoms with Crippen LogP contribution < -0.4 is 0 Å². The van der Waals surface area contributed by atoms with E-state index in [1.54, 1.807) is 25.2 Å². The van der Waals surface area contributed by atoms with Crippen molar-refractivity contribution in [3.63, 3.8) is 0 Å². The molecule has 0 N–H and O–H groups in total. The minimum Gasteiger partial charge on any atom is -0.361 e. The van der Waals surface area contributed by atoms with Crippen LogP contribution in [-0.4, -0.2) is 66.0 Å². The number of benzene rings is 1. The molecule has 2 aromatic rings. The summed E-state index contributed by atoms with van der Waals surface area (Å²) in [6.45, 7) is 1.20. The molecular formula is C24H29N3O3. The van der Waals surface area contributed by atoms with Crippen molar-refractivity contribution in [2.45, 2.75) is 31.3 Å². The molecule has 30 heavy (non-hydrogen) atoms. The average molecular weight is 408 g/mol. The maximum absolute atomic E-state index is 13.3. The first-order valence-corrected chi connectivity index (χ1v) is 10.6. The maximum atomic E-state index is 13.3. The average Bonchev–Trinajstić information content (AvgIpc) is 2.73. The van der Waals surface area contributed by atoms with Gasteiger partial charge in [0.05, 0.1) is 13.2 Å². The number of rotatable bonds is 5. The van der Waals surface area contributed by atoms with E-state index >= 15 is 0 Å². The smallest absolute Gasteiger partial charge is 0.256 e. The molecule has 1 saturated carbocycles. The van der Waals surface area contributed by atoms with Crippen molar-refractivity contribution in [1.29, 1.82) is 0 Å². The molecule has 6 nitrogen and oxygen atoms in total. The SMILES string of the molecule is CN(C)C(=O)C1(Cc2ccccc2-c2cccnc2)CN(C(=O)C2CCC2)CCO1. The Hall–Kier alpha value is -2.73. The molecule has 158 valence electrons. The van der Waals surface area contributed by atoms with Crippen LogP contribution in [0.15, 0.2) is 48.8 Å². The van der Waals surface area contributed by atoms with Gasteiger partial charge in [0, 0.05) is 50.9 Å². The monoisotopic (exact) mass is 407 g/mol. The number of likely N-dealkylation sites (N-methyl/N-ethyl adjacent to an activating group) is 1. The third-order valence-corrected chi connectivity index (χ3v) is 6.21. The van der Waals surface area contributed by atoms with E-state index in [1.165, 1.54) is 0 Å². The Bertz CT molecular complexity index is 911. The van der Waals surface area contributed by atoms with Crippen molar-refractivity contribution in [1.82, 2.24) is 14.8 Å². The molecule has 4 rings (SSSR count). The van der Waals surface area contributed by atoms with Gasteiger partial charge >= 0.3 is 0 Å². The summed E-state index contributed by atoms with van der Waals surface area (Å²) in [5, 5.41) is 0. The molecule has 0 radical (unpaired) electrons. The van der Waals surface area contributed by atoms with Crippen LogP contribution in [0, 0.1) is 5.92 Å². The van der Waals surface area contributed by atoms with E-state index in [4.69, 9.17) is 4.74 Å². The van der Waals surface area contributed by atoms with Gasteiger partial charge in [0.15, 0.2) is 5.60 Å². The van der Waals surface area contributed by atoms with E-state index in [9.17, 15) is 9.59 Å². The quantitative estimate of drug-likeness (QED) is 0.765. The molecule has 1 aliphatic heterocycles. The molecule has 1 atom stereocenters. The summed E-state index contributed by atoms with van der Waals surface area (Å²) in [6.07, 6.45) is 7.00. The molecule has 2 amide bonds. The number of morpholine rings is 1. The molecule has 1 aromatic carbocycles. The van der Waals surface area contributed by atoms with E-state index in [0.717, 1.165) is 36.0 Å². The fraction of sp³-hybridized carbons (Fsp3) is 0.458. The molecule has 1 aromatic heterocycles.